The minimum Gasteiger partial charge on any atom is -0.406 e. The molecule has 210 valence electrons. The Morgan fingerprint density at radius 2 is 1.50 bits per heavy atom. The first-order valence-electron chi connectivity index (χ1n) is 14.5. The number of benzene rings is 3. The molecule has 4 aromatic rings. The topological polar surface area (TPSA) is 76.4 Å². The van der Waals surface area contributed by atoms with Gasteiger partial charge in [-0.1, -0.05) is 99.6 Å². The van der Waals surface area contributed by atoms with E-state index in [2.05, 4.69) is 74.6 Å². The molecular formula is C33H41N3O3Si. The molecule has 1 aromatic heterocycles. The largest absolute Gasteiger partial charge is 0.406 e. The lowest BCUT2D eigenvalue weighted by Crippen LogP contribution is -2.66. The van der Waals surface area contributed by atoms with Gasteiger partial charge in [0.1, 0.15) is 5.69 Å². The number of nitrogens with zero attached hydrogens (tertiary/aromatic N) is 2. The zero-order valence-electron chi connectivity index (χ0n) is 23.8. The lowest BCUT2D eigenvalue weighted by atomic mass is 9.86. The van der Waals surface area contributed by atoms with E-state index in [0.29, 0.717) is 24.8 Å². The van der Waals surface area contributed by atoms with Crippen LogP contribution >= 0.6 is 0 Å². The quantitative estimate of drug-likeness (QED) is 0.288. The van der Waals surface area contributed by atoms with Gasteiger partial charge >= 0.3 is 0 Å². The van der Waals surface area contributed by atoms with Crippen molar-refractivity contribution in [3.63, 3.8) is 0 Å². The summed E-state index contributed by atoms with van der Waals surface area (Å²) >= 11 is 0. The van der Waals surface area contributed by atoms with Gasteiger partial charge in [-0.05, 0) is 53.1 Å². The predicted octanol–water partition coefficient (Wildman–Crippen LogP) is 4.89. The fourth-order valence-corrected chi connectivity index (χ4v) is 10.8. The molecule has 1 fully saturated rings. The third-order valence-corrected chi connectivity index (χ3v) is 13.4. The number of aliphatic hydroxyl groups is 1. The van der Waals surface area contributed by atoms with Crippen molar-refractivity contribution in [1.29, 1.82) is 0 Å². The SMILES string of the molecule is CC(C)(C)[Si](OCCn1nc2ccccc2c1C(=O)N[C@H]1CC[C@H](CO)CC1)(c1ccccc1)c1ccccc1. The van der Waals surface area contributed by atoms with E-state index in [1.54, 1.807) is 0 Å². The Labute approximate surface area is 238 Å². The van der Waals surface area contributed by atoms with Crippen LogP contribution in [0.4, 0.5) is 0 Å². The van der Waals surface area contributed by atoms with Crippen molar-refractivity contribution in [3.8, 4) is 0 Å². The summed E-state index contributed by atoms with van der Waals surface area (Å²) in [4.78, 5) is 13.7. The zero-order chi connectivity index (χ0) is 28.2. The summed E-state index contributed by atoms with van der Waals surface area (Å²) < 4.78 is 8.93. The second kappa shape index (κ2) is 12.1. The molecule has 0 bridgehead atoms. The van der Waals surface area contributed by atoms with Gasteiger partial charge in [-0.3, -0.25) is 9.48 Å². The highest BCUT2D eigenvalue weighted by Crippen LogP contribution is 2.36. The van der Waals surface area contributed by atoms with Gasteiger partial charge in [0, 0.05) is 18.0 Å². The third-order valence-electron chi connectivity index (χ3n) is 8.34. The first-order chi connectivity index (χ1) is 19.3. The van der Waals surface area contributed by atoms with Gasteiger partial charge in [0.05, 0.1) is 18.7 Å². The molecule has 1 saturated carbocycles. The van der Waals surface area contributed by atoms with Crippen LogP contribution in [-0.2, 0) is 11.0 Å². The number of hydrogen-bond donors (Lipinski definition) is 2. The first kappa shape index (κ1) is 28.3. The molecule has 3 aromatic carbocycles. The zero-order valence-corrected chi connectivity index (χ0v) is 24.8. The summed E-state index contributed by atoms with van der Waals surface area (Å²) in [5.41, 5.74) is 1.40. The average Bonchev–Trinajstić information content (AvgIpc) is 3.34. The highest BCUT2D eigenvalue weighted by Gasteiger charge is 2.50. The maximum absolute atomic E-state index is 13.7. The van der Waals surface area contributed by atoms with Gasteiger partial charge in [-0.2, -0.15) is 5.10 Å². The van der Waals surface area contributed by atoms with Crippen LogP contribution in [0.5, 0.6) is 0 Å². The van der Waals surface area contributed by atoms with Crippen molar-refractivity contribution in [2.75, 3.05) is 13.2 Å². The Hall–Kier alpha value is -3.26. The second-order valence-electron chi connectivity index (χ2n) is 12.0. The number of carbonyl (C=O) groups excluding carboxylic acids is 1. The fourth-order valence-electron chi connectivity index (χ4n) is 6.27. The van der Waals surface area contributed by atoms with E-state index in [9.17, 15) is 9.90 Å². The van der Waals surface area contributed by atoms with Crippen LogP contribution in [0.2, 0.25) is 5.04 Å². The Balaban J connectivity index is 1.43. The summed E-state index contributed by atoms with van der Waals surface area (Å²) in [7, 11) is -2.69. The molecule has 5 rings (SSSR count). The van der Waals surface area contributed by atoms with Gasteiger partial charge in [0.25, 0.3) is 14.2 Å². The smallest absolute Gasteiger partial charge is 0.270 e. The molecule has 0 atom stereocenters. The summed E-state index contributed by atoms with van der Waals surface area (Å²) in [5.74, 6) is 0.254. The molecule has 7 heteroatoms. The van der Waals surface area contributed by atoms with Crippen LogP contribution in [0.3, 0.4) is 0 Å². The standard InChI is InChI=1S/C33H41N3O3Si/c1-33(2,3)40(27-12-6-4-7-13-27,28-14-8-5-9-15-28)39-23-22-36-31(29-16-10-11-17-30(29)35-36)32(38)34-26-20-18-25(24-37)19-21-26/h4-17,25-26,37H,18-24H2,1-3H3,(H,34,38)/t25-,26-. The molecule has 40 heavy (non-hydrogen) atoms. The van der Waals surface area contributed by atoms with Crippen molar-refractivity contribution < 1.29 is 14.3 Å². The number of fused-ring (bicyclic) bond motifs is 1. The molecule has 0 unspecified atom stereocenters. The molecule has 0 aliphatic heterocycles. The number of nitrogens with one attached hydrogen (secondary N) is 1. The highest BCUT2D eigenvalue weighted by molar-refractivity contribution is 6.99. The van der Waals surface area contributed by atoms with Crippen molar-refractivity contribution in [2.45, 2.75) is 64.1 Å². The summed E-state index contributed by atoms with van der Waals surface area (Å²) in [6.45, 7) is 7.94. The van der Waals surface area contributed by atoms with Gasteiger partial charge in [-0.15, -0.1) is 0 Å². The molecule has 1 aliphatic rings. The number of aliphatic hydroxyl groups excluding tert-OH is 1. The van der Waals surface area contributed by atoms with Gasteiger partial charge in [0.2, 0.25) is 0 Å². The molecule has 2 N–H and O–H groups in total. The van der Waals surface area contributed by atoms with Crippen molar-refractivity contribution in [2.24, 2.45) is 5.92 Å². The van der Waals surface area contributed by atoms with E-state index in [0.717, 1.165) is 36.6 Å². The maximum Gasteiger partial charge on any atom is 0.270 e. The van der Waals surface area contributed by atoms with E-state index < -0.39 is 8.32 Å². The fraction of sp³-hybridized carbons (Fsp3) is 0.394. The molecule has 1 aliphatic carbocycles. The summed E-state index contributed by atoms with van der Waals surface area (Å²) in [6, 6.07) is 29.2. The minimum atomic E-state index is -2.69. The van der Waals surface area contributed by atoms with Gasteiger partial charge < -0.3 is 14.8 Å². The number of hydrogen-bond acceptors (Lipinski definition) is 4. The Kier molecular flexibility index (Phi) is 8.54. The van der Waals surface area contributed by atoms with Crippen LogP contribution in [0.15, 0.2) is 84.9 Å². The predicted molar refractivity (Wildman–Crippen MR) is 164 cm³/mol. The molecular weight excluding hydrogens is 514 g/mol. The maximum atomic E-state index is 13.7. The van der Waals surface area contributed by atoms with Crippen LogP contribution < -0.4 is 15.7 Å². The van der Waals surface area contributed by atoms with Gasteiger partial charge in [-0.25, -0.2) is 0 Å². The monoisotopic (exact) mass is 555 g/mol. The Morgan fingerprint density at radius 3 is 2.08 bits per heavy atom. The average molecular weight is 556 g/mol. The number of amides is 1. The van der Waals surface area contributed by atoms with E-state index >= 15 is 0 Å². The van der Waals surface area contributed by atoms with Crippen molar-refractivity contribution >= 4 is 35.5 Å². The number of carbonyl (C=O) groups is 1. The normalized spacial score (nSPS) is 18.1. The Morgan fingerprint density at radius 1 is 0.925 bits per heavy atom. The van der Waals surface area contributed by atoms with Crippen LogP contribution in [0.25, 0.3) is 10.9 Å². The van der Waals surface area contributed by atoms with E-state index in [-0.39, 0.29) is 23.6 Å². The molecule has 0 radical (unpaired) electrons. The van der Waals surface area contributed by atoms with E-state index in [4.69, 9.17) is 9.52 Å². The molecule has 1 heterocycles. The second-order valence-corrected chi connectivity index (χ2v) is 16.3. The number of rotatable bonds is 9. The van der Waals surface area contributed by atoms with E-state index in [1.807, 2.05) is 41.1 Å². The lowest BCUT2D eigenvalue weighted by Gasteiger charge is -2.43. The first-order valence-corrected chi connectivity index (χ1v) is 16.4. The Bertz CT molecular complexity index is 1370. The molecule has 0 spiro atoms. The van der Waals surface area contributed by atoms with Crippen molar-refractivity contribution in [3.05, 3.63) is 90.6 Å². The van der Waals surface area contributed by atoms with Crippen molar-refractivity contribution in [1.82, 2.24) is 15.1 Å². The van der Waals surface area contributed by atoms with Crippen LogP contribution in [-0.4, -0.2) is 48.4 Å². The highest BCUT2D eigenvalue weighted by atomic mass is 28.4. The lowest BCUT2D eigenvalue weighted by molar-refractivity contribution is 0.0903. The summed E-state index contributed by atoms with van der Waals surface area (Å²) in [5, 5.41) is 20.8. The molecule has 1 amide bonds. The van der Waals surface area contributed by atoms with E-state index in [1.165, 1.54) is 10.4 Å². The molecule has 0 saturated heterocycles. The summed E-state index contributed by atoms with van der Waals surface area (Å²) in [6.07, 6.45) is 3.65. The third kappa shape index (κ3) is 5.64. The van der Waals surface area contributed by atoms with Crippen LogP contribution in [0, 0.1) is 5.92 Å². The number of aromatic nitrogens is 2. The minimum absolute atomic E-state index is 0.0911. The molecule has 6 nitrogen and oxygen atoms in total. The van der Waals surface area contributed by atoms with Gasteiger partial charge in [0.15, 0.2) is 0 Å². The van der Waals surface area contributed by atoms with Crippen LogP contribution in [0.1, 0.15) is 56.9 Å².